The Morgan fingerprint density at radius 1 is 0.889 bits per heavy atom. The molecular formula is C21H17N5O. The molecule has 0 spiro atoms. The Morgan fingerprint density at radius 3 is 2.56 bits per heavy atom. The molecule has 3 heterocycles. The number of nitrogens with zero attached hydrogens (tertiary/aromatic N) is 3. The van der Waals surface area contributed by atoms with E-state index in [-0.39, 0.29) is 5.91 Å². The van der Waals surface area contributed by atoms with Crippen molar-refractivity contribution in [3.8, 4) is 0 Å². The standard InChI is InChI=1S/C21H17N5O/c27-21(26-18-5-1-3-16-4-2-10-23-20(16)18)19-7-6-17(14-25-19)24-13-15-8-11-22-12-9-15/h1-12,14,24H,13H2,(H,26,27). The maximum absolute atomic E-state index is 12.5. The fourth-order valence-corrected chi connectivity index (χ4v) is 2.73. The SMILES string of the molecule is O=C(Nc1cccc2cccnc12)c1ccc(NCc2ccncc2)cn1. The number of anilines is 2. The van der Waals surface area contributed by atoms with E-state index in [1.54, 1.807) is 30.9 Å². The van der Waals surface area contributed by atoms with Gasteiger partial charge >= 0.3 is 0 Å². The second-order valence-electron chi connectivity index (χ2n) is 5.98. The molecule has 0 aliphatic heterocycles. The number of rotatable bonds is 5. The molecule has 4 rings (SSSR count). The van der Waals surface area contributed by atoms with Gasteiger partial charge < -0.3 is 10.6 Å². The minimum Gasteiger partial charge on any atom is -0.380 e. The van der Waals surface area contributed by atoms with Gasteiger partial charge in [-0.2, -0.15) is 0 Å². The molecule has 132 valence electrons. The van der Waals surface area contributed by atoms with Crippen LogP contribution in [0.25, 0.3) is 10.9 Å². The molecule has 0 radical (unpaired) electrons. The van der Waals surface area contributed by atoms with Crippen molar-refractivity contribution in [3.05, 3.63) is 90.6 Å². The van der Waals surface area contributed by atoms with Crippen LogP contribution in [0.1, 0.15) is 16.1 Å². The molecule has 0 aliphatic carbocycles. The number of benzene rings is 1. The fraction of sp³-hybridized carbons (Fsp3) is 0.0476. The summed E-state index contributed by atoms with van der Waals surface area (Å²) in [4.78, 5) is 25.1. The number of pyridine rings is 3. The highest BCUT2D eigenvalue weighted by Crippen LogP contribution is 2.21. The van der Waals surface area contributed by atoms with Gasteiger partial charge in [0.1, 0.15) is 5.69 Å². The maximum Gasteiger partial charge on any atom is 0.274 e. The van der Waals surface area contributed by atoms with Crippen LogP contribution in [0.5, 0.6) is 0 Å². The Hall–Kier alpha value is -3.80. The summed E-state index contributed by atoms with van der Waals surface area (Å²) in [5.74, 6) is -0.270. The van der Waals surface area contributed by atoms with E-state index >= 15 is 0 Å². The molecule has 0 aliphatic rings. The van der Waals surface area contributed by atoms with Crippen molar-refractivity contribution in [1.29, 1.82) is 0 Å². The van der Waals surface area contributed by atoms with Crippen molar-refractivity contribution < 1.29 is 4.79 Å². The molecular weight excluding hydrogens is 338 g/mol. The van der Waals surface area contributed by atoms with E-state index in [2.05, 4.69) is 25.6 Å². The Morgan fingerprint density at radius 2 is 1.74 bits per heavy atom. The van der Waals surface area contributed by atoms with Crippen molar-refractivity contribution in [2.75, 3.05) is 10.6 Å². The zero-order valence-electron chi connectivity index (χ0n) is 14.5. The molecule has 1 amide bonds. The summed E-state index contributed by atoms with van der Waals surface area (Å²) in [5, 5.41) is 7.13. The molecule has 4 aromatic rings. The molecule has 6 heteroatoms. The van der Waals surface area contributed by atoms with Gasteiger partial charge in [-0.3, -0.25) is 14.8 Å². The van der Waals surface area contributed by atoms with Gasteiger partial charge in [0.2, 0.25) is 0 Å². The van der Waals surface area contributed by atoms with Gasteiger partial charge in [0, 0.05) is 30.5 Å². The van der Waals surface area contributed by atoms with Crippen molar-refractivity contribution in [3.63, 3.8) is 0 Å². The predicted molar refractivity (Wildman–Crippen MR) is 105 cm³/mol. The predicted octanol–water partition coefficient (Wildman–Crippen LogP) is 3.89. The summed E-state index contributed by atoms with van der Waals surface area (Å²) in [6.07, 6.45) is 6.87. The van der Waals surface area contributed by atoms with Gasteiger partial charge in [-0.05, 0) is 42.0 Å². The van der Waals surface area contributed by atoms with Crippen molar-refractivity contribution in [1.82, 2.24) is 15.0 Å². The molecule has 27 heavy (non-hydrogen) atoms. The number of carbonyl (C=O) groups is 1. The third-order valence-electron chi connectivity index (χ3n) is 4.12. The Labute approximate surface area is 156 Å². The first-order chi connectivity index (χ1) is 13.3. The number of hydrogen-bond donors (Lipinski definition) is 2. The first-order valence-electron chi connectivity index (χ1n) is 8.53. The average molecular weight is 355 g/mol. The van der Waals surface area contributed by atoms with Gasteiger partial charge in [-0.15, -0.1) is 0 Å². The smallest absolute Gasteiger partial charge is 0.274 e. The van der Waals surface area contributed by atoms with E-state index in [1.807, 2.05) is 48.5 Å². The van der Waals surface area contributed by atoms with Crippen LogP contribution in [0.4, 0.5) is 11.4 Å². The fourth-order valence-electron chi connectivity index (χ4n) is 2.73. The molecule has 0 unspecified atom stereocenters. The van der Waals surface area contributed by atoms with E-state index in [0.717, 1.165) is 22.2 Å². The molecule has 6 nitrogen and oxygen atoms in total. The Kier molecular flexibility index (Phi) is 4.70. The van der Waals surface area contributed by atoms with Gasteiger partial charge in [0.15, 0.2) is 0 Å². The van der Waals surface area contributed by atoms with Crippen LogP contribution in [0.15, 0.2) is 79.4 Å². The van der Waals surface area contributed by atoms with Crippen molar-refractivity contribution in [2.45, 2.75) is 6.54 Å². The lowest BCUT2D eigenvalue weighted by Gasteiger charge is -2.09. The lowest BCUT2D eigenvalue weighted by atomic mass is 10.2. The van der Waals surface area contributed by atoms with Crippen LogP contribution in [-0.2, 0) is 6.54 Å². The number of amides is 1. The average Bonchev–Trinajstić information content (AvgIpc) is 2.74. The number of fused-ring (bicyclic) bond motifs is 1. The molecule has 0 saturated heterocycles. The summed E-state index contributed by atoms with van der Waals surface area (Å²) in [7, 11) is 0. The number of para-hydroxylation sites is 1. The zero-order chi connectivity index (χ0) is 18.5. The quantitative estimate of drug-likeness (QED) is 0.568. The first kappa shape index (κ1) is 16.7. The Bertz CT molecular complexity index is 1060. The maximum atomic E-state index is 12.5. The second-order valence-corrected chi connectivity index (χ2v) is 5.98. The van der Waals surface area contributed by atoms with Crippen molar-refractivity contribution >= 4 is 28.2 Å². The summed E-state index contributed by atoms with van der Waals surface area (Å²) in [6, 6.07) is 16.9. The third-order valence-corrected chi connectivity index (χ3v) is 4.12. The minimum atomic E-state index is -0.270. The number of nitrogens with one attached hydrogen (secondary N) is 2. The summed E-state index contributed by atoms with van der Waals surface area (Å²) >= 11 is 0. The van der Waals surface area contributed by atoms with E-state index in [0.29, 0.717) is 17.9 Å². The second kappa shape index (κ2) is 7.61. The van der Waals surface area contributed by atoms with Crippen LogP contribution in [0, 0.1) is 0 Å². The van der Waals surface area contributed by atoms with Gasteiger partial charge in [-0.25, -0.2) is 4.98 Å². The first-order valence-corrected chi connectivity index (χ1v) is 8.53. The van der Waals surface area contributed by atoms with Crippen LogP contribution >= 0.6 is 0 Å². The van der Waals surface area contributed by atoms with E-state index < -0.39 is 0 Å². The van der Waals surface area contributed by atoms with Crippen LogP contribution in [0.3, 0.4) is 0 Å². The van der Waals surface area contributed by atoms with Crippen LogP contribution < -0.4 is 10.6 Å². The lowest BCUT2D eigenvalue weighted by Crippen LogP contribution is -2.14. The monoisotopic (exact) mass is 355 g/mol. The van der Waals surface area contributed by atoms with E-state index in [4.69, 9.17) is 0 Å². The molecule has 0 fully saturated rings. The highest BCUT2D eigenvalue weighted by molar-refractivity contribution is 6.07. The topological polar surface area (TPSA) is 79.8 Å². The zero-order valence-corrected chi connectivity index (χ0v) is 14.5. The summed E-state index contributed by atoms with van der Waals surface area (Å²) in [6.45, 7) is 0.664. The van der Waals surface area contributed by atoms with Crippen molar-refractivity contribution in [2.24, 2.45) is 0 Å². The molecule has 0 saturated carbocycles. The summed E-state index contributed by atoms with van der Waals surface area (Å²) in [5.41, 5.74) is 3.73. The number of carbonyl (C=O) groups excluding carboxylic acids is 1. The van der Waals surface area contributed by atoms with Crippen LogP contribution in [-0.4, -0.2) is 20.9 Å². The lowest BCUT2D eigenvalue weighted by molar-refractivity contribution is 0.102. The molecule has 0 atom stereocenters. The Balaban J connectivity index is 1.44. The number of hydrogen-bond acceptors (Lipinski definition) is 5. The number of aromatic nitrogens is 3. The molecule has 3 aromatic heterocycles. The van der Waals surface area contributed by atoms with Gasteiger partial charge in [0.05, 0.1) is 23.1 Å². The normalized spacial score (nSPS) is 10.5. The largest absolute Gasteiger partial charge is 0.380 e. The van der Waals surface area contributed by atoms with E-state index in [1.165, 1.54) is 0 Å². The van der Waals surface area contributed by atoms with Gasteiger partial charge in [-0.1, -0.05) is 18.2 Å². The minimum absolute atomic E-state index is 0.270. The molecule has 1 aromatic carbocycles. The molecule has 2 N–H and O–H groups in total. The van der Waals surface area contributed by atoms with E-state index in [9.17, 15) is 4.79 Å². The third kappa shape index (κ3) is 3.90. The highest BCUT2D eigenvalue weighted by Gasteiger charge is 2.10. The van der Waals surface area contributed by atoms with Crippen LogP contribution in [0.2, 0.25) is 0 Å². The summed E-state index contributed by atoms with van der Waals surface area (Å²) < 4.78 is 0. The van der Waals surface area contributed by atoms with Gasteiger partial charge in [0.25, 0.3) is 5.91 Å². The highest BCUT2D eigenvalue weighted by atomic mass is 16.1. The molecule has 0 bridgehead atoms.